The fourth-order valence-electron chi connectivity index (χ4n) is 2.92. The lowest BCUT2D eigenvalue weighted by Crippen LogP contribution is -2.19. The van der Waals surface area contributed by atoms with Crippen LogP contribution < -0.4 is 10.6 Å². The summed E-state index contributed by atoms with van der Waals surface area (Å²) in [6, 6.07) is 16.6. The molecule has 0 atom stereocenters. The molecule has 0 aliphatic carbocycles. The molecule has 2 heterocycles. The maximum absolute atomic E-state index is 13.8. The molecule has 0 saturated carbocycles. The summed E-state index contributed by atoms with van der Waals surface area (Å²) in [7, 11) is 0. The number of halogens is 2. The fraction of sp³-hybridized carbons (Fsp3) is 0.0952. The topological polar surface area (TPSA) is 59.7 Å². The van der Waals surface area contributed by atoms with E-state index in [0.29, 0.717) is 28.1 Å². The van der Waals surface area contributed by atoms with E-state index < -0.39 is 0 Å². The van der Waals surface area contributed by atoms with Gasteiger partial charge in [0, 0.05) is 18.0 Å². The molecule has 4 aromatic rings. The first-order chi connectivity index (χ1) is 14.6. The Bertz CT molecular complexity index is 1160. The molecule has 2 N–H and O–H groups in total. The van der Waals surface area contributed by atoms with Gasteiger partial charge in [-0.2, -0.15) is 10.2 Å². The Morgan fingerprint density at radius 3 is 2.53 bits per heavy atom. The average molecular weight is 441 g/mol. The molecule has 0 saturated heterocycles. The quantitative estimate of drug-likeness (QED) is 0.423. The van der Waals surface area contributed by atoms with Crippen molar-refractivity contribution in [2.75, 3.05) is 10.6 Å². The van der Waals surface area contributed by atoms with E-state index in [-0.39, 0.29) is 12.4 Å². The zero-order valence-corrected chi connectivity index (χ0v) is 17.4. The number of aromatic nitrogens is 4. The lowest BCUT2D eigenvalue weighted by molar-refractivity contribution is 0.586. The first kappa shape index (κ1) is 20.1. The van der Waals surface area contributed by atoms with Crippen LogP contribution in [0.3, 0.4) is 0 Å². The summed E-state index contributed by atoms with van der Waals surface area (Å²) >= 11 is 11.6. The van der Waals surface area contributed by atoms with Crippen molar-refractivity contribution >= 4 is 40.4 Å². The standard InChI is InChI=1S/C21H18ClFN6S/c22-18-14-29(12-16-8-4-5-9-19(16)23)27-20(18)26-21(30)25-17-10-24-28(13-17)11-15-6-2-1-3-7-15/h1-10,13-14H,11-12H2,(H2,25,26,27,30). The maximum Gasteiger partial charge on any atom is 0.176 e. The van der Waals surface area contributed by atoms with Crippen molar-refractivity contribution in [1.29, 1.82) is 0 Å². The van der Waals surface area contributed by atoms with Crippen molar-refractivity contribution in [1.82, 2.24) is 19.6 Å². The molecule has 4 rings (SSSR count). The van der Waals surface area contributed by atoms with Gasteiger partial charge in [0.25, 0.3) is 0 Å². The average Bonchev–Trinajstić information content (AvgIpc) is 3.30. The largest absolute Gasteiger partial charge is 0.330 e. The third-order valence-corrected chi connectivity index (χ3v) is 4.80. The Morgan fingerprint density at radius 1 is 0.967 bits per heavy atom. The van der Waals surface area contributed by atoms with Gasteiger partial charge in [-0.25, -0.2) is 4.39 Å². The van der Waals surface area contributed by atoms with Crippen LogP contribution in [0.1, 0.15) is 11.1 Å². The molecule has 152 valence electrons. The Labute approximate surface area is 183 Å². The minimum Gasteiger partial charge on any atom is -0.330 e. The predicted molar refractivity (Wildman–Crippen MR) is 120 cm³/mol. The van der Waals surface area contributed by atoms with Gasteiger partial charge < -0.3 is 10.6 Å². The van der Waals surface area contributed by atoms with Crippen molar-refractivity contribution in [3.63, 3.8) is 0 Å². The molecular formula is C21H18ClFN6S. The lowest BCUT2D eigenvalue weighted by Gasteiger charge is -2.07. The van der Waals surface area contributed by atoms with Gasteiger partial charge in [-0.15, -0.1) is 0 Å². The summed E-state index contributed by atoms with van der Waals surface area (Å²) in [5, 5.41) is 15.4. The number of rotatable bonds is 6. The van der Waals surface area contributed by atoms with Crippen molar-refractivity contribution in [2.45, 2.75) is 13.1 Å². The molecule has 0 fully saturated rings. The number of hydrogen-bond donors (Lipinski definition) is 2. The van der Waals surface area contributed by atoms with Crippen LogP contribution in [0, 0.1) is 5.82 Å². The van der Waals surface area contributed by atoms with Crippen LogP contribution in [0.5, 0.6) is 0 Å². The van der Waals surface area contributed by atoms with Crippen LogP contribution in [0.2, 0.25) is 5.02 Å². The molecule has 0 bridgehead atoms. The molecule has 0 aliphatic heterocycles. The predicted octanol–water partition coefficient (Wildman–Crippen LogP) is 4.78. The van der Waals surface area contributed by atoms with Crippen LogP contribution in [-0.2, 0) is 13.1 Å². The molecule has 6 nitrogen and oxygen atoms in total. The number of hydrogen-bond acceptors (Lipinski definition) is 3. The highest BCUT2D eigenvalue weighted by Crippen LogP contribution is 2.21. The third-order valence-electron chi connectivity index (χ3n) is 4.32. The van der Waals surface area contributed by atoms with Crippen LogP contribution in [0.15, 0.2) is 73.2 Å². The van der Waals surface area contributed by atoms with E-state index in [0.717, 1.165) is 11.3 Å². The monoisotopic (exact) mass is 440 g/mol. The van der Waals surface area contributed by atoms with Crippen molar-refractivity contribution in [3.8, 4) is 0 Å². The first-order valence-corrected chi connectivity index (χ1v) is 9.96. The van der Waals surface area contributed by atoms with E-state index in [1.807, 2.05) is 41.2 Å². The normalized spacial score (nSPS) is 10.7. The molecule has 2 aromatic heterocycles. The number of nitrogens with zero attached hydrogens (tertiary/aromatic N) is 4. The van der Waals surface area contributed by atoms with Gasteiger partial charge >= 0.3 is 0 Å². The Morgan fingerprint density at radius 2 is 1.73 bits per heavy atom. The molecule has 0 spiro atoms. The van der Waals surface area contributed by atoms with Crippen molar-refractivity contribution in [2.24, 2.45) is 0 Å². The van der Waals surface area contributed by atoms with E-state index in [1.165, 1.54) is 6.07 Å². The highest BCUT2D eigenvalue weighted by atomic mass is 35.5. The van der Waals surface area contributed by atoms with Crippen molar-refractivity contribution in [3.05, 3.63) is 95.2 Å². The molecular weight excluding hydrogens is 423 g/mol. The summed E-state index contributed by atoms with van der Waals surface area (Å²) < 4.78 is 17.2. The van der Waals surface area contributed by atoms with Crippen molar-refractivity contribution < 1.29 is 4.39 Å². The highest BCUT2D eigenvalue weighted by molar-refractivity contribution is 7.80. The minimum atomic E-state index is -0.289. The fourth-order valence-corrected chi connectivity index (χ4v) is 3.33. The summed E-state index contributed by atoms with van der Waals surface area (Å²) in [5.74, 6) is 0.102. The Hall–Kier alpha value is -3.23. The number of anilines is 2. The van der Waals surface area contributed by atoms with Crippen LogP contribution in [-0.4, -0.2) is 24.7 Å². The van der Waals surface area contributed by atoms with Crippen LogP contribution in [0.25, 0.3) is 0 Å². The zero-order chi connectivity index (χ0) is 20.9. The second-order valence-corrected chi connectivity index (χ2v) is 7.42. The molecule has 30 heavy (non-hydrogen) atoms. The second kappa shape index (κ2) is 9.06. The highest BCUT2D eigenvalue weighted by Gasteiger charge is 2.11. The minimum absolute atomic E-state index is 0.264. The summed E-state index contributed by atoms with van der Waals surface area (Å²) in [6.45, 7) is 0.926. The second-order valence-electron chi connectivity index (χ2n) is 6.61. The van der Waals surface area contributed by atoms with Gasteiger partial charge in [-0.1, -0.05) is 60.1 Å². The SMILES string of the molecule is Fc1ccccc1Cn1cc(Cl)c(NC(=S)Nc2cnn(Cc3ccccc3)c2)n1. The number of benzene rings is 2. The number of nitrogens with one attached hydrogen (secondary N) is 2. The summed E-state index contributed by atoms with van der Waals surface area (Å²) in [5.41, 5.74) is 2.42. The molecule has 9 heteroatoms. The summed E-state index contributed by atoms with van der Waals surface area (Å²) in [4.78, 5) is 0. The van der Waals surface area contributed by atoms with E-state index in [4.69, 9.17) is 23.8 Å². The maximum atomic E-state index is 13.8. The first-order valence-electron chi connectivity index (χ1n) is 9.17. The Balaban J connectivity index is 1.36. The lowest BCUT2D eigenvalue weighted by atomic mass is 10.2. The van der Waals surface area contributed by atoms with E-state index in [2.05, 4.69) is 20.8 Å². The third kappa shape index (κ3) is 5.03. The Kier molecular flexibility index (Phi) is 6.06. The van der Waals surface area contributed by atoms with E-state index >= 15 is 0 Å². The van der Waals surface area contributed by atoms with E-state index in [1.54, 1.807) is 35.3 Å². The van der Waals surface area contributed by atoms with Gasteiger partial charge in [-0.05, 0) is 23.8 Å². The molecule has 0 amide bonds. The zero-order valence-electron chi connectivity index (χ0n) is 15.8. The summed E-state index contributed by atoms with van der Waals surface area (Å²) in [6.07, 6.45) is 5.17. The molecule has 0 radical (unpaired) electrons. The van der Waals surface area contributed by atoms with Gasteiger partial charge in [0.1, 0.15) is 10.8 Å². The van der Waals surface area contributed by atoms with Gasteiger partial charge in [-0.3, -0.25) is 9.36 Å². The van der Waals surface area contributed by atoms with Crippen LogP contribution in [0.4, 0.5) is 15.9 Å². The molecule has 2 aromatic carbocycles. The smallest absolute Gasteiger partial charge is 0.176 e. The number of thiocarbonyl (C=S) groups is 1. The molecule has 0 unspecified atom stereocenters. The molecule has 0 aliphatic rings. The van der Waals surface area contributed by atoms with Gasteiger partial charge in [0.15, 0.2) is 10.9 Å². The van der Waals surface area contributed by atoms with Crippen LogP contribution >= 0.6 is 23.8 Å². The van der Waals surface area contributed by atoms with Gasteiger partial charge in [0.05, 0.1) is 25.0 Å². The van der Waals surface area contributed by atoms with Gasteiger partial charge in [0.2, 0.25) is 0 Å². The van der Waals surface area contributed by atoms with E-state index in [9.17, 15) is 4.39 Å².